The molecule has 1 saturated heterocycles. The molecule has 0 bridgehead atoms. The van der Waals surface area contributed by atoms with Gasteiger partial charge in [0.25, 0.3) is 5.91 Å². The third-order valence-electron chi connectivity index (χ3n) is 6.03. The van der Waals surface area contributed by atoms with E-state index in [4.69, 9.17) is 14.2 Å². The van der Waals surface area contributed by atoms with Crippen LogP contribution >= 0.6 is 0 Å². The number of benzene rings is 1. The van der Waals surface area contributed by atoms with Gasteiger partial charge in [0, 0.05) is 26.3 Å². The van der Waals surface area contributed by atoms with E-state index in [1.54, 1.807) is 21.3 Å². The van der Waals surface area contributed by atoms with Gasteiger partial charge in [-0.05, 0) is 55.9 Å². The molecular formula is C21H29NO4. The Hall–Kier alpha value is -1.85. The number of rotatable bonds is 6. The van der Waals surface area contributed by atoms with Crippen LogP contribution in [-0.2, 0) is 15.9 Å². The van der Waals surface area contributed by atoms with Crippen molar-refractivity contribution >= 4 is 5.91 Å². The third-order valence-corrected chi connectivity index (χ3v) is 6.03. The SMILES string of the molecule is C=CCc1cc(C(=O)N2CC[C@@]3(OC)CC[C@H](OC)C[C@@H]23)ccc1OC. The Kier molecular flexibility index (Phi) is 5.68. The van der Waals surface area contributed by atoms with Crippen LogP contribution in [0, 0.1) is 0 Å². The molecule has 1 aromatic carbocycles. The molecule has 2 aliphatic rings. The van der Waals surface area contributed by atoms with E-state index in [0.29, 0.717) is 12.0 Å². The second-order valence-corrected chi connectivity index (χ2v) is 7.18. The van der Waals surface area contributed by atoms with Gasteiger partial charge in [-0.2, -0.15) is 0 Å². The lowest BCUT2D eigenvalue weighted by molar-refractivity contribution is -0.0893. The van der Waals surface area contributed by atoms with Gasteiger partial charge in [0.15, 0.2) is 0 Å². The summed E-state index contributed by atoms with van der Waals surface area (Å²) in [6.07, 6.45) is 6.29. The average Bonchev–Trinajstić information content (AvgIpc) is 3.06. The summed E-state index contributed by atoms with van der Waals surface area (Å²) >= 11 is 0. The van der Waals surface area contributed by atoms with Crippen molar-refractivity contribution in [1.29, 1.82) is 0 Å². The Morgan fingerprint density at radius 1 is 1.35 bits per heavy atom. The van der Waals surface area contributed by atoms with Gasteiger partial charge in [-0.3, -0.25) is 4.79 Å². The van der Waals surface area contributed by atoms with Crippen LogP contribution in [0.1, 0.15) is 41.6 Å². The average molecular weight is 359 g/mol. The number of likely N-dealkylation sites (tertiary alicyclic amines) is 1. The highest BCUT2D eigenvalue weighted by molar-refractivity contribution is 5.95. The molecule has 1 heterocycles. The molecule has 3 atom stereocenters. The van der Waals surface area contributed by atoms with Gasteiger partial charge in [-0.25, -0.2) is 0 Å². The Morgan fingerprint density at radius 3 is 2.81 bits per heavy atom. The Morgan fingerprint density at radius 2 is 2.15 bits per heavy atom. The molecule has 0 aromatic heterocycles. The molecule has 1 amide bonds. The van der Waals surface area contributed by atoms with Gasteiger partial charge in [-0.15, -0.1) is 6.58 Å². The van der Waals surface area contributed by atoms with E-state index < -0.39 is 0 Å². The van der Waals surface area contributed by atoms with Gasteiger partial charge in [0.1, 0.15) is 5.75 Å². The molecule has 1 aromatic rings. The maximum atomic E-state index is 13.3. The summed E-state index contributed by atoms with van der Waals surface area (Å²) in [4.78, 5) is 15.3. The van der Waals surface area contributed by atoms with E-state index in [1.165, 1.54) is 0 Å². The quantitative estimate of drug-likeness (QED) is 0.732. The van der Waals surface area contributed by atoms with Gasteiger partial charge < -0.3 is 19.1 Å². The van der Waals surface area contributed by atoms with Crippen LogP contribution in [0.5, 0.6) is 5.75 Å². The minimum atomic E-state index is -0.235. The van der Waals surface area contributed by atoms with Gasteiger partial charge in [0.05, 0.1) is 24.9 Å². The first-order valence-corrected chi connectivity index (χ1v) is 9.25. The minimum Gasteiger partial charge on any atom is -0.496 e. The lowest BCUT2D eigenvalue weighted by Gasteiger charge is -2.43. The molecule has 1 aliphatic carbocycles. The van der Waals surface area contributed by atoms with Crippen molar-refractivity contribution in [1.82, 2.24) is 4.90 Å². The highest BCUT2D eigenvalue weighted by Gasteiger charge is 2.52. The Labute approximate surface area is 155 Å². The smallest absolute Gasteiger partial charge is 0.254 e. The summed E-state index contributed by atoms with van der Waals surface area (Å²) in [5, 5.41) is 0. The monoisotopic (exact) mass is 359 g/mol. The first kappa shape index (κ1) is 18.9. The maximum Gasteiger partial charge on any atom is 0.254 e. The number of allylic oxidation sites excluding steroid dienone is 1. The first-order valence-electron chi connectivity index (χ1n) is 9.25. The molecule has 0 N–H and O–H groups in total. The number of carbonyl (C=O) groups is 1. The molecule has 5 nitrogen and oxygen atoms in total. The zero-order chi connectivity index (χ0) is 18.7. The molecule has 142 valence electrons. The van der Waals surface area contributed by atoms with E-state index >= 15 is 0 Å². The van der Waals surface area contributed by atoms with E-state index in [9.17, 15) is 4.79 Å². The van der Waals surface area contributed by atoms with Crippen LogP contribution in [0.15, 0.2) is 30.9 Å². The number of methoxy groups -OCH3 is 3. The largest absolute Gasteiger partial charge is 0.496 e. The number of fused-ring (bicyclic) bond motifs is 1. The molecule has 0 spiro atoms. The van der Waals surface area contributed by atoms with Crippen molar-refractivity contribution in [2.24, 2.45) is 0 Å². The summed E-state index contributed by atoms with van der Waals surface area (Å²) in [6.45, 7) is 4.51. The van der Waals surface area contributed by atoms with E-state index in [2.05, 4.69) is 6.58 Å². The maximum absolute atomic E-state index is 13.3. The molecule has 1 aliphatic heterocycles. The lowest BCUT2D eigenvalue weighted by Crippen LogP contribution is -2.53. The van der Waals surface area contributed by atoms with Crippen molar-refractivity contribution in [3.8, 4) is 5.75 Å². The normalized spacial score (nSPS) is 27.9. The molecule has 3 rings (SSSR count). The summed E-state index contributed by atoms with van der Waals surface area (Å²) in [6, 6.07) is 5.69. The Bertz CT molecular complexity index is 674. The number of carbonyl (C=O) groups excluding carboxylic acids is 1. The molecule has 2 fully saturated rings. The van der Waals surface area contributed by atoms with Crippen LogP contribution < -0.4 is 4.74 Å². The van der Waals surface area contributed by atoms with E-state index in [0.717, 1.165) is 43.5 Å². The Balaban J connectivity index is 1.87. The van der Waals surface area contributed by atoms with Crippen LogP contribution in [0.3, 0.4) is 0 Å². The standard InChI is InChI=1S/C21H29NO4/c1-5-6-15-13-16(7-8-18(15)25-3)20(23)22-12-11-21(26-4)10-9-17(24-2)14-19(21)22/h5,7-8,13,17,19H,1,6,9-12,14H2,2-4H3/t17-,19+,21-/m0/s1. The summed E-state index contributed by atoms with van der Waals surface area (Å²) < 4.78 is 16.9. The topological polar surface area (TPSA) is 48.0 Å². The van der Waals surface area contributed by atoms with Crippen molar-refractivity contribution in [3.05, 3.63) is 42.0 Å². The highest BCUT2D eigenvalue weighted by atomic mass is 16.5. The minimum absolute atomic E-state index is 0.0543. The van der Waals surface area contributed by atoms with Gasteiger partial charge >= 0.3 is 0 Å². The van der Waals surface area contributed by atoms with Crippen LogP contribution in [0.2, 0.25) is 0 Å². The second-order valence-electron chi connectivity index (χ2n) is 7.18. The molecular weight excluding hydrogens is 330 g/mol. The summed E-state index contributed by atoms with van der Waals surface area (Å²) in [5.41, 5.74) is 1.43. The lowest BCUT2D eigenvalue weighted by atomic mass is 9.79. The number of amides is 1. The van der Waals surface area contributed by atoms with Crippen molar-refractivity contribution in [2.45, 2.75) is 49.9 Å². The molecule has 1 saturated carbocycles. The van der Waals surface area contributed by atoms with Crippen LogP contribution in [0.4, 0.5) is 0 Å². The predicted molar refractivity (Wildman–Crippen MR) is 101 cm³/mol. The number of nitrogens with zero attached hydrogens (tertiary/aromatic N) is 1. The fourth-order valence-corrected chi connectivity index (χ4v) is 4.51. The van der Waals surface area contributed by atoms with E-state index in [1.807, 2.05) is 29.2 Å². The van der Waals surface area contributed by atoms with Gasteiger partial charge in [-0.1, -0.05) is 6.08 Å². The van der Waals surface area contributed by atoms with E-state index in [-0.39, 0.29) is 23.7 Å². The number of ether oxygens (including phenoxy) is 3. The molecule has 26 heavy (non-hydrogen) atoms. The van der Waals surface area contributed by atoms with Crippen LogP contribution in [0.25, 0.3) is 0 Å². The zero-order valence-electron chi connectivity index (χ0n) is 16.0. The summed E-state index contributed by atoms with van der Waals surface area (Å²) in [7, 11) is 5.16. The zero-order valence-corrected chi connectivity index (χ0v) is 16.0. The predicted octanol–water partition coefficient (Wildman–Crippen LogP) is 3.22. The molecule has 5 heteroatoms. The molecule has 0 radical (unpaired) electrons. The van der Waals surface area contributed by atoms with Gasteiger partial charge in [0.2, 0.25) is 0 Å². The fourth-order valence-electron chi connectivity index (χ4n) is 4.51. The second kappa shape index (κ2) is 7.80. The van der Waals surface area contributed by atoms with Crippen LogP contribution in [-0.4, -0.2) is 56.4 Å². The first-order chi connectivity index (χ1) is 12.6. The van der Waals surface area contributed by atoms with Crippen molar-refractivity contribution in [3.63, 3.8) is 0 Å². The van der Waals surface area contributed by atoms with Crippen molar-refractivity contribution < 1.29 is 19.0 Å². The third kappa shape index (κ3) is 3.26. The fraction of sp³-hybridized carbons (Fsp3) is 0.571. The number of hydrogen-bond donors (Lipinski definition) is 0. The number of hydrogen-bond acceptors (Lipinski definition) is 4. The highest BCUT2D eigenvalue weighted by Crippen LogP contribution is 2.43. The summed E-state index contributed by atoms with van der Waals surface area (Å²) in [5.74, 6) is 0.838. The van der Waals surface area contributed by atoms with Crippen molar-refractivity contribution in [2.75, 3.05) is 27.9 Å². The molecule has 0 unspecified atom stereocenters.